The molecule has 2 aromatic heterocycles. The average molecular weight is 317 g/mol. The maximum absolute atomic E-state index is 12.5. The van der Waals surface area contributed by atoms with Gasteiger partial charge < -0.3 is 14.7 Å². The number of oxime groups is 1. The number of carbonyl (C=O) groups is 1. The molecule has 5 nitrogen and oxygen atoms in total. The minimum atomic E-state index is -0.0949. The van der Waals surface area contributed by atoms with Gasteiger partial charge in [-0.25, -0.2) is 0 Å². The number of amides is 1. The van der Waals surface area contributed by atoms with Gasteiger partial charge in [0.1, 0.15) is 12.1 Å². The molecule has 22 heavy (non-hydrogen) atoms. The van der Waals surface area contributed by atoms with Crippen molar-refractivity contribution in [2.75, 3.05) is 7.11 Å². The van der Waals surface area contributed by atoms with Gasteiger partial charge in [0.25, 0.3) is 5.91 Å². The van der Waals surface area contributed by atoms with Gasteiger partial charge in [-0.05, 0) is 30.0 Å². The Bertz CT molecular complexity index is 702. The second-order valence-electron chi connectivity index (χ2n) is 5.26. The summed E-state index contributed by atoms with van der Waals surface area (Å²) in [6.45, 7) is 2.11. The molecular formula is C16H19N3O2S. The van der Waals surface area contributed by atoms with Crippen LogP contribution in [0.1, 0.15) is 48.3 Å². The number of aromatic nitrogens is 1. The van der Waals surface area contributed by atoms with Gasteiger partial charge in [0.15, 0.2) is 0 Å². The van der Waals surface area contributed by atoms with E-state index in [-0.39, 0.29) is 11.9 Å². The monoisotopic (exact) mass is 317 g/mol. The number of thiophene rings is 1. The van der Waals surface area contributed by atoms with Gasteiger partial charge in [-0.3, -0.25) is 4.79 Å². The molecule has 1 atom stereocenters. The Hall–Kier alpha value is -2.08. The van der Waals surface area contributed by atoms with Crippen LogP contribution < -0.4 is 5.32 Å². The SMILES string of the molecule is CCC/C(CC1NC(=O)c2ccsc2-n2cccc21)=N/OC. The molecule has 3 heterocycles. The third kappa shape index (κ3) is 2.66. The molecule has 1 N–H and O–H groups in total. The van der Waals surface area contributed by atoms with E-state index in [2.05, 4.69) is 28.0 Å². The number of rotatable bonds is 5. The van der Waals surface area contributed by atoms with Crippen molar-refractivity contribution in [3.8, 4) is 5.00 Å². The molecule has 0 bridgehead atoms. The molecule has 1 aliphatic rings. The van der Waals surface area contributed by atoms with Crippen LogP contribution in [-0.2, 0) is 4.84 Å². The predicted molar refractivity (Wildman–Crippen MR) is 87.8 cm³/mol. The highest BCUT2D eigenvalue weighted by Crippen LogP contribution is 2.31. The van der Waals surface area contributed by atoms with E-state index in [9.17, 15) is 4.79 Å². The first-order valence-corrected chi connectivity index (χ1v) is 8.27. The van der Waals surface area contributed by atoms with Crippen LogP contribution in [0.2, 0.25) is 0 Å². The third-order valence-corrected chi connectivity index (χ3v) is 4.66. The van der Waals surface area contributed by atoms with Crippen molar-refractivity contribution < 1.29 is 9.63 Å². The molecule has 2 aromatic rings. The molecule has 1 aliphatic heterocycles. The largest absolute Gasteiger partial charge is 0.399 e. The first kappa shape index (κ1) is 14.8. The number of hydrogen-bond acceptors (Lipinski definition) is 4. The van der Waals surface area contributed by atoms with Gasteiger partial charge in [0, 0.05) is 18.3 Å². The lowest BCUT2D eigenvalue weighted by Crippen LogP contribution is -2.29. The second kappa shape index (κ2) is 6.36. The van der Waals surface area contributed by atoms with Crippen molar-refractivity contribution in [1.82, 2.24) is 9.88 Å². The number of fused-ring (bicyclic) bond motifs is 3. The van der Waals surface area contributed by atoms with Crippen LogP contribution in [0, 0.1) is 0 Å². The van der Waals surface area contributed by atoms with Crippen molar-refractivity contribution in [2.45, 2.75) is 32.2 Å². The van der Waals surface area contributed by atoms with Crippen molar-refractivity contribution in [2.24, 2.45) is 5.16 Å². The van der Waals surface area contributed by atoms with Gasteiger partial charge in [0.05, 0.1) is 17.3 Å². The zero-order chi connectivity index (χ0) is 15.5. The Labute approximate surface area is 133 Å². The van der Waals surface area contributed by atoms with Crippen LogP contribution in [-0.4, -0.2) is 23.3 Å². The Balaban J connectivity index is 1.96. The molecule has 0 radical (unpaired) electrons. The average Bonchev–Trinajstić information content (AvgIpc) is 3.13. The normalized spacial score (nSPS) is 17.5. The maximum Gasteiger partial charge on any atom is 0.254 e. The maximum atomic E-state index is 12.5. The second-order valence-corrected chi connectivity index (χ2v) is 6.16. The van der Waals surface area contributed by atoms with Crippen molar-refractivity contribution >= 4 is 23.0 Å². The van der Waals surface area contributed by atoms with Crippen molar-refractivity contribution in [3.63, 3.8) is 0 Å². The molecule has 116 valence electrons. The fourth-order valence-electron chi connectivity index (χ4n) is 2.83. The summed E-state index contributed by atoms with van der Waals surface area (Å²) in [5.74, 6) is -0.0294. The van der Waals surface area contributed by atoms with E-state index in [4.69, 9.17) is 4.84 Å². The zero-order valence-electron chi connectivity index (χ0n) is 12.7. The summed E-state index contributed by atoms with van der Waals surface area (Å²) in [5, 5.41) is 10.2. The number of carbonyl (C=O) groups excluding carboxylic acids is 1. The molecule has 6 heteroatoms. The van der Waals surface area contributed by atoms with Crippen LogP contribution in [0.4, 0.5) is 0 Å². The summed E-state index contributed by atoms with van der Waals surface area (Å²) in [5.41, 5.74) is 2.77. The van der Waals surface area contributed by atoms with Gasteiger partial charge in [0.2, 0.25) is 0 Å². The molecule has 0 spiro atoms. The summed E-state index contributed by atoms with van der Waals surface area (Å²) < 4.78 is 2.10. The molecule has 3 rings (SSSR count). The van der Waals surface area contributed by atoms with Crippen LogP contribution in [0.25, 0.3) is 5.00 Å². The first-order valence-electron chi connectivity index (χ1n) is 7.39. The Morgan fingerprint density at radius 1 is 1.50 bits per heavy atom. The number of nitrogens with zero attached hydrogens (tertiary/aromatic N) is 2. The number of hydrogen-bond donors (Lipinski definition) is 1. The summed E-state index contributed by atoms with van der Waals surface area (Å²) in [4.78, 5) is 17.4. The fraction of sp³-hybridized carbons (Fsp3) is 0.375. The standard InChI is InChI=1S/C16H19N3O2S/c1-3-5-11(18-21-2)10-13-14-6-4-8-19(14)16-12(7-9-22-16)15(20)17-13/h4,6-9,13H,3,5,10H2,1-2H3,(H,17,20)/b18-11-. The fourth-order valence-corrected chi connectivity index (χ4v) is 3.73. The van der Waals surface area contributed by atoms with Crippen LogP contribution >= 0.6 is 11.3 Å². The summed E-state index contributed by atoms with van der Waals surface area (Å²) in [6.07, 6.45) is 4.53. The summed E-state index contributed by atoms with van der Waals surface area (Å²) in [7, 11) is 1.56. The molecular weight excluding hydrogens is 298 g/mol. The highest BCUT2D eigenvalue weighted by atomic mass is 32.1. The highest BCUT2D eigenvalue weighted by molar-refractivity contribution is 7.13. The smallest absolute Gasteiger partial charge is 0.254 e. The summed E-state index contributed by atoms with van der Waals surface area (Å²) in [6, 6.07) is 5.84. The van der Waals surface area contributed by atoms with E-state index in [1.807, 2.05) is 23.7 Å². The lowest BCUT2D eigenvalue weighted by Gasteiger charge is -2.18. The van der Waals surface area contributed by atoms with Crippen molar-refractivity contribution in [1.29, 1.82) is 0 Å². The van der Waals surface area contributed by atoms with Crippen LogP contribution in [0.3, 0.4) is 0 Å². The van der Waals surface area contributed by atoms with Gasteiger partial charge in [-0.15, -0.1) is 11.3 Å². The lowest BCUT2D eigenvalue weighted by molar-refractivity contribution is 0.0940. The van der Waals surface area contributed by atoms with Crippen LogP contribution in [0.5, 0.6) is 0 Å². The Morgan fingerprint density at radius 2 is 2.36 bits per heavy atom. The molecule has 1 amide bonds. The van der Waals surface area contributed by atoms with Crippen molar-refractivity contribution in [3.05, 3.63) is 41.0 Å². The predicted octanol–water partition coefficient (Wildman–Crippen LogP) is 3.52. The zero-order valence-corrected chi connectivity index (χ0v) is 13.5. The minimum Gasteiger partial charge on any atom is -0.399 e. The molecule has 0 aromatic carbocycles. The first-order chi connectivity index (χ1) is 10.7. The third-order valence-electron chi connectivity index (χ3n) is 3.75. The lowest BCUT2D eigenvalue weighted by atomic mass is 10.0. The van der Waals surface area contributed by atoms with Crippen LogP contribution in [0.15, 0.2) is 34.9 Å². The van der Waals surface area contributed by atoms with Gasteiger partial charge in [-0.1, -0.05) is 18.5 Å². The van der Waals surface area contributed by atoms with E-state index in [0.29, 0.717) is 6.42 Å². The molecule has 0 saturated carbocycles. The van der Waals surface area contributed by atoms with E-state index in [0.717, 1.165) is 34.8 Å². The van der Waals surface area contributed by atoms with Gasteiger partial charge >= 0.3 is 0 Å². The molecule has 1 unspecified atom stereocenters. The Morgan fingerprint density at radius 3 is 3.14 bits per heavy atom. The van der Waals surface area contributed by atoms with Gasteiger partial charge in [-0.2, -0.15) is 0 Å². The Kier molecular flexibility index (Phi) is 4.29. The highest BCUT2D eigenvalue weighted by Gasteiger charge is 2.28. The molecule has 0 saturated heterocycles. The molecule has 0 fully saturated rings. The topological polar surface area (TPSA) is 55.6 Å². The van der Waals surface area contributed by atoms with E-state index < -0.39 is 0 Å². The van der Waals surface area contributed by atoms with E-state index >= 15 is 0 Å². The van der Waals surface area contributed by atoms with E-state index in [1.165, 1.54) is 0 Å². The number of nitrogens with one attached hydrogen (secondary N) is 1. The minimum absolute atomic E-state index is 0.0294. The van der Waals surface area contributed by atoms with E-state index in [1.54, 1.807) is 18.4 Å². The molecule has 0 aliphatic carbocycles. The summed E-state index contributed by atoms with van der Waals surface area (Å²) >= 11 is 1.58. The quantitative estimate of drug-likeness (QED) is 0.677.